The van der Waals surface area contributed by atoms with Crippen LogP contribution in [0, 0.1) is 5.92 Å². The number of aryl methyl sites for hydroxylation is 2. The van der Waals surface area contributed by atoms with E-state index in [2.05, 4.69) is 33.0 Å². The first-order valence-corrected chi connectivity index (χ1v) is 12.6. The van der Waals surface area contributed by atoms with Gasteiger partial charge in [-0.15, -0.1) is 0 Å². The van der Waals surface area contributed by atoms with Gasteiger partial charge in [-0.1, -0.05) is 6.07 Å². The molecule has 3 rings (SSSR count). The van der Waals surface area contributed by atoms with Crippen molar-refractivity contribution in [2.45, 2.75) is 70.9 Å². The third-order valence-electron chi connectivity index (χ3n) is 6.20. The molecule has 10 nitrogen and oxygen atoms in total. The molecule has 0 spiro atoms. The molecule has 3 heterocycles. The summed E-state index contributed by atoms with van der Waals surface area (Å²) in [5, 5.41) is 17.8. The van der Waals surface area contributed by atoms with Crippen molar-refractivity contribution >= 4 is 23.8 Å². The molecule has 194 valence electrons. The van der Waals surface area contributed by atoms with Crippen molar-refractivity contribution in [3.8, 4) is 0 Å². The summed E-state index contributed by atoms with van der Waals surface area (Å²) in [6.07, 6.45) is 4.92. The zero-order valence-electron chi connectivity index (χ0n) is 21.1. The average Bonchev–Trinajstić information content (AvgIpc) is 2.80. The lowest BCUT2D eigenvalue weighted by atomic mass is 9.96. The smallest absolute Gasteiger partial charge is 0.408 e. The molecule has 0 aromatic carbocycles. The largest absolute Gasteiger partial charge is 0.480 e. The topological polar surface area (TPSA) is 133 Å². The lowest BCUT2D eigenvalue weighted by Crippen LogP contribution is -2.51. The summed E-state index contributed by atoms with van der Waals surface area (Å²) in [7, 11) is 0. The fourth-order valence-corrected chi connectivity index (χ4v) is 4.46. The highest BCUT2D eigenvalue weighted by molar-refractivity contribution is 5.83. The summed E-state index contributed by atoms with van der Waals surface area (Å²) < 4.78 is 5.11. The van der Waals surface area contributed by atoms with Crippen molar-refractivity contribution < 1.29 is 24.2 Å². The Bertz CT molecular complexity index is 901. The Hall–Kier alpha value is -2.88. The van der Waals surface area contributed by atoms with Crippen LogP contribution in [0.15, 0.2) is 12.1 Å². The van der Waals surface area contributed by atoms with Crippen LogP contribution in [0.2, 0.25) is 0 Å². The molecule has 2 aliphatic rings. The molecule has 1 aromatic rings. The van der Waals surface area contributed by atoms with E-state index in [-0.39, 0.29) is 18.4 Å². The maximum absolute atomic E-state index is 12.7. The summed E-state index contributed by atoms with van der Waals surface area (Å²) in [5.41, 5.74) is 1.63. The van der Waals surface area contributed by atoms with E-state index in [1.165, 1.54) is 5.56 Å². The van der Waals surface area contributed by atoms with Gasteiger partial charge in [-0.2, -0.15) is 0 Å². The maximum Gasteiger partial charge on any atom is 0.408 e. The van der Waals surface area contributed by atoms with Crippen molar-refractivity contribution in [2.75, 3.05) is 38.0 Å². The molecular weight excluding hydrogens is 450 g/mol. The van der Waals surface area contributed by atoms with Crippen LogP contribution >= 0.6 is 0 Å². The Kier molecular flexibility index (Phi) is 9.31. The highest BCUT2D eigenvalue weighted by atomic mass is 16.6. The number of fused-ring (bicyclic) bond motifs is 1. The number of hydrogen-bond donors (Lipinski definition) is 4. The summed E-state index contributed by atoms with van der Waals surface area (Å²) in [6.45, 7) is 8.34. The number of carboxylic acid groups (broad SMARTS) is 1. The monoisotopic (exact) mass is 489 g/mol. The number of ether oxygens (including phenoxy) is 1. The molecular formula is C25H39N5O5. The van der Waals surface area contributed by atoms with Gasteiger partial charge in [0.1, 0.15) is 17.5 Å². The zero-order chi connectivity index (χ0) is 25.4. The van der Waals surface area contributed by atoms with E-state index in [9.17, 15) is 19.5 Å². The molecule has 0 aliphatic carbocycles. The third kappa shape index (κ3) is 8.69. The number of nitrogens with zero attached hydrogens (tertiary/aromatic N) is 2. The maximum atomic E-state index is 12.7. The van der Waals surface area contributed by atoms with Gasteiger partial charge in [0.25, 0.3) is 0 Å². The molecule has 2 atom stereocenters. The van der Waals surface area contributed by atoms with E-state index in [0.717, 1.165) is 69.7 Å². The van der Waals surface area contributed by atoms with Gasteiger partial charge >= 0.3 is 12.1 Å². The van der Waals surface area contributed by atoms with Crippen LogP contribution in [-0.4, -0.2) is 77.3 Å². The third-order valence-corrected chi connectivity index (χ3v) is 6.20. The van der Waals surface area contributed by atoms with Crippen LogP contribution in [0.1, 0.15) is 57.7 Å². The number of likely N-dealkylation sites (tertiary alicyclic amines) is 1. The average molecular weight is 490 g/mol. The number of rotatable bonds is 9. The fraction of sp³-hybridized carbons (Fsp3) is 0.680. The van der Waals surface area contributed by atoms with Gasteiger partial charge < -0.3 is 30.7 Å². The fourth-order valence-electron chi connectivity index (χ4n) is 4.46. The number of nitrogens with one attached hydrogen (secondary N) is 3. The Labute approximate surface area is 207 Å². The number of amides is 2. The van der Waals surface area contributed by atoms with Crippen molar-refractivity contribution in [3.05, 3.63) is 23.4 Å². The highest BCUT2D eigenvalue weighted by Crippen LogP contribution is 2.21. The number of hydrogen-bond acceptors (Lipinski definition) is 7. The van der Waals surface area contributed by atoms with Crippen LogP contribution in [0.4, 0.5) is 10.6 Å². The number of piperidine rings is 1. The molecule has 0 saturated carbocycles. The summed E-state index contributed by atoms with van der Waals surface area (Å²) >= 11 is 0. The molecule has 1 saturated heterocycles. The van der Waals surface area contributed by atoms with Gasteiger partial charge in [0.15, 0.2) is 0 Å². The van der Waals surface area contributed by atoms with Crippen LogP contribution in [0.5, 0.6) is 0 Å². The number of carbonyl (C=O) groups excluding carboxylic acids is 2. The molecule has 10 heteroatoms. The minimum atomic E-state index is -1.26. The first kappa shape index (κ1) is 26.7. The Morgan fingerprint density at radius 2 is 2.09 bits per heavy atom. The first-order valence-electron chi connectivity index (χ1n) is 12.6. The SMILES string of the molecule is CC(C)(C)OC(=O)NC(CNC(=O)[C@@H]1CCCN(CCCc2ccc3c(n2)NCCC3)C1)C(=O)O. The van der Waals surface area contributed by atoms with Crippen molar-refractivity contribution in [1.29, 1.82) is 0 Å². The zero-order valence-corrected chi connectivity index (χ0v) is 21.1. The molecule has 2 amide bonds. The minimum Gasteiger partial charge on any atom is -0.480 e. The number of carbonyl (C=O) groups is 3. The van der Waals surface area contributed by atoms with Crippen molar-refractivity contribution in [3.63, 3.8) is 0 Å². The Morgan fingerprint density at radius 3 is 2.83 bits per heavy atom. The molecule has 1 aromatic heterocycles. The van der Waals surface area contributed by atoms with E-state index in [4.69, 9.17) is 9.72 Å². The second-order valence-corrected chi connectivity index (χ2v) is 10.4. The Balaban J connectivity index is 1.41. The van der Waals surface area contributed by atoms with E-state index in [0.29, 0.717) is 6.54 Å². The molecule has 0 bridgehead atoms. The summed E-state index contributed by atoms with van der Waals surface area (Å²) in [6, 6.07) is 3.03. The summed E-state index contributed by atoms with van der Waals surface area (Å²) in [4.78, 5) is 43.2. The number of aromatic nitrogens is 1. The van der Waals surface area contributed by atoms with Gasteiger partial charge in [0, 0.05) is 25.3 Å². The molecule has 2 aliphatic heterocycles. The molecule has 4 N–H and O–H groups in total. The Morgan fingerprint density at radius 1 is 1.29 bits per heavy atom. The number of aliphatic carboxylic acids is 1. The number of pyridine rings is 1. The number of anilines is 1. The molecule has 1 fully saturated rings. The highest BCUT2D eigenvalue weighted by Gasteiger charge is 2.28. The second kappa shape index (κ2) is 12.2. The van der Waals surface area contributed by atoms with Crippen LogP contribution in [0.3, 0.4) is 0 Å². The normalized spacial score (nSPS) is 19.1. The van der Waals surface area contributed by atoms with Gasteiger partial charge in [-0.05, 0) is 84.0 Å². The molecule has 35 heavy (non-hydrogen) atoms. The van der Waals surface area contributed by atoms with E-state index < -0.39 is 23.7 Å². The number of carboxylic acids is 1. The molecule has 0 radical (unpaired) electrons. The second-order valence-electron chi connectivity index (χ2n) is 10.4. The molecule has 1 unspecified atom stereocenters. The van der Waals surface area contributed by atoms with Crippen LogP contribution in [0.25, 0.3) is 0 Å². The van der Waals surface area contributed by atoms with Gasteiger partial charge in [0.05, 0.1) is 5.92 Å². The quantitative estimate of drug-likeness (QED) is 0.415. The van der Waals surface area contributed by atoms with Crippen molar-refractivity contribution in [2.24, 2.45) is 5.92 Å². The van der Waals surface area contributed by atoms with E-state index in [1.54, 1.807) is 20.8 Å². The van der Waals surface area contributed by atoms with Crippen LogP contribution in [-0.2, 0) is 27.2 Å². The van der Waals surface area contributed by atoms with Crippen molar-refractivity contribution in [1.82, 2.24) is 20.5 Å². The van der Waals surface area contributed by atoms with Crippen LogP contribution < -0.4 is 16.0 Å². The number of alkyl carbamates (subject to hydrolysis) is 1. The van der Waals surface area contributed by atoms with Gasteiger partial charge in [-0.25, -0.2) is 14.6 Å². The first-order chi connectivity index (χ1) is 16.6. The van der Waals surface area contributed by atoms with Gasteiger partial charge in [-0.3, -0.25) is 4.79 Å². The minimum absolute atomic E-state index is 0.186. The lowest BCUT2D eigenvalue weighted by molar-refractivity contribution is -0.139. The van der Waals surface area contributed by atoms with E-state index >= 15 is 0 Å². The summed E-state index contributed by atoms with van der Waals surface area (Å²) in [5.74, 6) is -0.600. The predicted molar refractivity (Wildman–Crippen MR) is 132 cm³/mol. The predicted octanol–water partition coefficient (Wildman–Crippen LogP) is 2.18. The lowest BCUT2D eigenvalue weighted by Gasteiger charge is -2.32. The van der Waals surface area contributed by atoms with Gasteiger partial charge in [0.2, 0.25) is 5.91 Å². The standard InChI is InChI=1S/C25H39N5O5/c1-25(2,3)35-24(34)29-20(23(32)33)15-27-22(31)18-8-5-13-30(16-18)14-6-9-19-11-10-17-7-4-12-26-21(17)28-19/h10-11,18,20H,4-9,12-16H2,1-3H3,(H,26,28)(H,27,31)(H,29,34)(H,32,33)/t18-,20?/m1/s1. The van der Waals surface area contributed by atoms with E-state index in [1.807, 2.05) is 0 Å².